The standard InChI is InChI=1S/C12H14N4O/c1-17-11(13)5-4-10-8-15-16-12(10)9-3-2-6-14-7-9/h2-3,6-8,13H,4-5H2,1H3,(H,15,16). The van der Waals surface area contributed by atoms with Crippen LogP contribution in [0.4, 0.5) is 0 Å². The van der Waals surface area contributed by atoms with Crippen molar-refractivity contribution < 1.29 is 4.74 Å². The quantitative estimate of drug-likeness (QED) is 0.623. The Hall–Kier alpha value is -2.17. The Kier molecular flexibility index (Phi) is 3.49. The van der Waals surface area contributed by atoms with Gasteiger partial charge >= 0.3 is 0 Å². The van der Waals surface area contributed by atoms with E-state index >= 15 is 0 Å². The Balaban J connectivity index is 2.15. The first-order valence-electron chi connectivity index (χ1n) is 5.35. The van der Waals surface area contributed by atoms with Crippen molar-refractivity contribution in [2.75, 3.05) is 7.11 Å². The van der Waals surface area contributed by atoms with Gasteiger partial charge in [0.2, 0.25) is 0 Å². The maximum atomic E-state index is 7.45. The summed E-state index contributed by atoms with van der Waals surface area (Å²) in [5, 5.41) is 14.5. The van der Waals surface area contributed by atoms with E-state index in [4.69, 9.17) is 10.1 Å². The number of ether oxygens (including phenoxy) is 1. The molecule has 0 atom stereocenters. The fraction of sp³-hybridized carbons (Fsp3) is 0.250. The lowest BCUT2D eigenvalue weighted by molar-refractivity contribution is 0.386. The van der Waals surface area contributed by atoms with Gasteiger partial charge in [-0.1, -0.05) is 0 Å². The number of H-pyrrole nitrogens is 1. The average molecular weight is 230 g/mol. The Bertz CT molecular complexity index is 492. The van der Waals surface area contributed by atoms with E-state index in [2.05, 4.69) is 15.2 Å². The highest BCUT2D eigenvalue weighted by atomic mass is 16.5. The zero-order valence-corrected chi connectivity index (χ0v) is 9.60. The third-order valence-corrected chi connectivity index (χ3v) is 2.54. The summed E-state index contributed by atoms with van der Waals surface area (Å²) in [6.07, 6.45) is 6.61. The highest BCUT2D eigenvalue weighted by Gasteiger charge is 2.08. The number of nitrogens with one attached hydrogen (secondary N) is 2. The van der Waals surface area contributed by atoms with Crippen LogP contribution in [0.1, 0.15) is 12.0 Å². The molecule has 0 aliphatic carbocycles. The van der Waals surface area contributed by atoms with Crippen molar-refractivity contribution in [3.63, 3.8) is 0 Å². The molecule has 2 N–H and O–H groups in total. The van der Waals surface area contributed by atoms with Crippen LogP contribution in [0.3, 0.4) is 0 Å². The molecule has 5 heteroatoms. The molecule has 88 valence electrons. The lowest BCUT2D eigenvalue weighted by Gasteiger charge is -2.03. The van der Waals surface area contributed by atoms with E-state index in [1.807, 2.05) is 12.1 Å². The Labute approximate surface area is 99.4 Å². The molecule has 2 aromatic rings. The number of aromatic amines is 1. The van der Waals surface area contributed by atoms with Gasteiger partial charge in [-0.25, -0.2) is 0 Å². The number of methoxy groups -OCH3 is 1. The van der Waals surface area contributed by atoms with Crippen LogP contribution in [-0.2, 0) is 11.2 Å². The molecule has 2 heterocycles. The third kappa shape index (κ3) is 2.69. The molecule has 0 amide bonds. The van der Waals surface area contributed by atoms with E-state index in [0.29, 0.717) is 6.42 Å². The molecule has 0 saturated heterocycles. The average Bonchev–Trinajstić information content (AvgIpc) is 2.85. The van der Waals surface area contributed by atoms with E-state index in [0.717, 1.165) is 23.2 Å². The van der Waals surface area contributed by atoms with Crippen LogP contribution in [0, 0.1) is 5.41 Å². The normalized spacial score (nSPS) is 10.2. The highest BCUT2D eigenvalue weighted by Crippen LogP contribution is 2.20. The fourth-order valence-corrected chi connectivity index (χ4v) is 1.61. The summed E-state index contributed by atoms with van der Waals surface area (Å²) in [6, 6.07) is 3.86. The smallest absolute Gasteiger partial charge is 0.180 e. The minimum Gasteiger partial charge on any atom is -0.484 e. The fourth-order valence-electron chi connectivity index (χ4n) is 1.61. The van der Waals surface area contributed by atoms with Gasteiger partial charge in [-0.05, 0) is 24.1 Å². The second-order valence-corrected chi connectivity index (χ2v) is 3.64. The number of aryl methyl sites for hydroxylation is 1. The SMILES string of the molecule is COC(=N)CCc1cn[nH]c1-c1cccnc1. The predicted molar refractivity (Wildman–Crippen MR) is 64.9 cm³/mol. The molecule has 0 spiro atoms. The van der Waals surface area contributed by atoms with Crippen LogP contribution in [0.15, 0.2) is 30.7 Å². The van der Waals surface area contributed by atoms with Crippen LogP contribution >= 0.6 is 0 Å². The summed E-state index contributed by atoms with van der Waals surface area (Å²) in [5.41, 5.74) is 3.03. The van der Waals surface area contributed by atoms with Gasteiger partial charge in [0.15, 0.2) is 5.90 Å². The molecule has 2 aromatic heterocycles. The summed E-state index contributed by atoms with van der Waals surface area (Å²) in [7, 11) is 1.51. The molecule has 5 nitrogen and oxygen atoms in total. The molecule has 0 fully saturated rings. The van der Waals surface area contributed by atoms with Gasteiger partial charge in [-0.15, -0.1) is 0 Å². The maximum absolute atomic E-state index is 7.45. The second kappa shape index (κ2) is 5.25. The topological polar surface area (TPSA) is 74.7 Å². The van der Waals surface area contributed by atoms with Crippen LogP contribution in [-0.4, -0.2) is 28.2 Å². The van der Waals surface area contributed by atoms with E-state index in [1.165, 1.54) is 7.11 Å². The molecule has 0 aliphatic rings. The monoisotopic (exact) mass is 230 g/mol. The van der Waals surface area contributed by atoms with E-state index in [1.54, 1.807) is 18.6 Å². The summed E-state index contributed by atoms with van der Waals surface area (Å²) < 4.78 is 4.83. The largest absolute Gasteiger partial charge is 0.484 e. The molecular weight excluding hydrogens is 216 g/mol. The van der Waals surface area contributed by atoms with Gasteiger partial charge in [-0.3, -0.25) is 15.5 Å². The van der Waals surface area contributed by atoms with Crippen molar-refractivity contribution in [2.24, 2.45) is 0 Å². The molecule has 0 bridgehead atoms. The van der Waals surface area contributed by atoms with Crippen molar-refractivity contribution in [2.45, 2.75) is 12.8 Å². The lowest BCUT2D eigenvalue weighted by Crippen LogP contribution is -2.01. The predicted octanol–water partition coefficient (Wildman–Crippen LogP) is 2.03. The van der Waals surface area contributed by atoms with Gasteiger partial charge in [0.05, 0.1) is 19.0 Å². The van der Waals surface area contributed by atoms with E-state index in [9.17, 15) is 0 Å². The van der Waals surface area contributed by atoms with Crippen molar-refractivity contribution in [3.8, 4) is 11.3 Å². The molecule has 0 unspecified atom stereocenters. The number of hydrogen-bond acceptors (Lipinski definition) is 4. The van der Waals surface area contributed by atoms with Crippen LogP contribution in [0.5, 0.6) is 0 Å². The van der Waals surface area contributed by atoms with E-state index < -0.39 is 0 Å². The van der Waals surface area contributed by atoms with Gasteiger partial charge in [-0.2, -0.15) is 5.10 Å². The van der Waals surface area contributed by atoms with E-state index in [-0.39, 0.29) is 5.90 Å². The third-order valence-electron chi connectivity index (χ3n) is 2.54. The number of nitrogens with zero attached hydrogens (tertiary/aromatic N) is 2. The molecule has 2 rings (SSSR count). The highest BCUT2D eigenvalue weighted by molar-refractivity contribution is 5.73. The molecule has 0 saturated carbocycles. The number of aromatic nitrogens is 3. The first kappa shape index (κ1) is 11.3. The Morgan fingerprint density at radius 3 is 3.06 bits per heavy atom. The zero-order valence-electron chi connectivity index (χ0n) is 9.60. The molecule has 0 aliphatic heterocycles. The minimum absolute atomic E-state index is 0.281. The maximum Gasteiger partial charge on any atom is 0.180 e. The summed E-state index contributed by atoms with van der Waals surface area (Å²) >= 11 is 0. The number of hydrogen-bond donors (Lipinski definition) is 2. The zero-order chi connectivity index (χ0) is 12.1. The lowest BCUT2D eigenvalue weighted by atomic mass is 10.1. The van der Waals surface area contributed by atoms with Crippen LogP contribution in [0.2, 0.25) is 0 Å². The Morgan fingerprint density at radius 2 is 2.35 bits per heavy atom. The summed E-state index contributed by atoms with van der Waals surface area (Å²) in [6.45, 7) is 0. The summed E-state index contributed by atoms with van der Waals surface area (Å²) in [5.74, 6) is 0.281. The molecular formula is C12H14N4O. The summed E-state index contributed by atoms with van der Waals surface area (Å²) in [4.78, 5) is 4.08. The number of pyridine rings is 1. The van der Waals surface area contributed by atoms with Gasteiger partial charge in [0.25, 0.3) is 0 Å². The van der Waals surface area contributed by atoms with Crippen LogP contribution < -0.4 is 0 Å². The van der Waals surface area contributed by atoms with Gasteiger partial charge < -0.3 is 4.74 Å². The number of rotatable bonds is 4. The molecule has 17 heavy (non-hydrogen) atoms. The first-order valence-corrected chi connectivity index (χ1v) is 5.35. The van der Waals surface area contributed by atoms with Crippen molar-refractivity contribution in [1.29, 1.82) is 5.41 Å². The second-order valence-electron chi connectivity index (χ2n) is 3.64. The van der Waals surface area contributed by atoms with Gasteiger partial charge in [0.1, 0.15) is 0 Å². The van der Waals surface area contributed by atoms with Gasteiger partial charge in [0, 0.05) is 24.4 Å². The van der Waals surface area contributed by atoms with Crippen LogP contribution in [0.25, 0.3) is 11.3 Å². The molecule has 0 aromatic carbocycles. The van der Waals surface area contributed by atoms with Crippen molar-refractivity contribution in [3.05, 3.63) is 36.3 Å². The first-order chi connectivity index (χ1) is 8.31. The minimum atomic E-state index is 0.281. The van der Waals surface area contributed by atoms with Crippen molar-refractivity contribution in [1.82, 2.24) is 15.2 Å². The van der Waals surface area contributed by atoms with Crippen molar-refractivity contribution >= 4 is 5.90 Å². The molecule has 0 radical (unpaired) electrons. The Morgan fingerprint density at radius 1 is 1.47 bits per heavy atom.